The predicted octanol–water partition coefficient (Wildman–Crippen LogP) is 5.15. The Kier molecular flexibility index (Phi) is 5.68. The molecular formula is C21H21NO3S. The van der Waals surface area contributed by atoms with Crippen molar-refractivity contribution >= 4 is 28.7 Å². The lowest BCUT2D eigenvalue weighted by molar-refractivity contribution is -0.118. The van der Waals surface area contributed by atoms with Gasteiger partial charge in [0.15, 0.2) is 5.78 Å². The molecule has 134 valence electrons. The lowest BCUT2D eigenvalue weighted by Crippen LogP contribution is -2.30. The number of aryl methyl sites for hydroxylation is 2. The first-order valence-electron chi connectivity index (χ1n) is 8.52. The van der Waals surface area contributed by atoms with E-state index in [-0.39, 0.29) is 24.5 Å². The van der Waals surface area contributed by atoms with E-state index < -0.39 is 0 Å². The Morgan fingerprint density at radius 3 is 2.38 bits per heavy atom. The topological polar surface area (TPSA) is 50.5 Å². The fourth-order valence-corrected chi connectivity index (χ4v) is 3.50. The summed E-state index contributed by atoms with van der Waals surface area (Å²) in [7, 11) is 0. The molecule has 0 fully saturated rings. The van der Waals surface area contributed by atoms with Crippen molar-refractivity contribution in [1.82, 2.24) is 0 Å². The van der Waals surface area contributed by atoms with Crippen molar-refractivity contribution in [3.8, 4) is 0 Å². The third kappa shape index (κ3) is 4.49. The molecule has 1 aromatic carbocycles. The summed E-state index contributed by atoms with van der Waals surface area (Å²) in [6.07, 6.45) is 1.97. The van der Waals surface area contributed by atoms with E-state index in [2.05, 4.69) is 0 Å². The maximum Gasteiger partial charge on any atom is 0.227 e. The Balaban J connectivity index is 1.71. The summed E-state index contributed by atoms with van der Waals surface area (Å²) in [5.41, 5.74) is 1.93. The Bertz CT molecular complexity index is 878. The Hall–Kier alpha value is -2.66. The van der Waals surface area contributed by atoms with Crippen LogP contribution in [0, 0.1) is 13.8 Å². The Labute approximate surface area is 157 Å². The second-order valence-corrected chi connectivity index (χ2v) is 7.52. The van der Waals surface area contributed by atoms with E-state index in [4.69, 9.17) is 4.42 Å². The highest BCUT2D eigenvalue weighted by Gasteiger charge is 2.19. The van der Waals surface area contributed by atoms with Gasteiger partial charge in [-0.1, -0.05) is 17.7 Å². The quantitative estimate of drug-likeness (QED) is 0.542. The van der Waals surface area contributed by atoms with Crippen LogP contribution >= 0.6 is 11.3 Å². The van der Waals surface area contributed by atoms with Gasteiger partial charge in [0.1, 0.15) is 5.76 Å². The highest BCUT2D eigenvalue weighted by Crippen LogP contribution is 2.22. The van der Waals surface area contributed by atoms with Crippen molar-refractivity contribution in [2.24, 2.45) is 0 Å². The van der Waals surface area contributed by atoms with Crippen molar-refractivity contribution in [2.45, 2.75) is 33.2 Å². The summed E-state index contributed by atoms with van der Waals surface area (Å²) in [5.74, 6) is 0.629. The molecule has 0 radical (unpaired) electrons. The van der Waals surface area contributed by atoms with Crippen LogP contribution in [0.25, 0.3) is 0 Å². The lowest BCUT2D eigenvalue weighted by atomic mass is 10.1. The number of amides is 1. The van der Waals surface area contributed by atoms with Crippen molar-refractivity contribution in [2.75, 3.05) is 4.90 Å². The van der Waals surface area contributed by atoms with Crippen LogP contribution in [-0.2, 0) is 11.3 Å². The van der Waals surface area contributed by atoms with Gasteiger partial charge in [-0.05, 0) is 50.2 Å². The number of Topliss-reactive ketones (excluding diaryl/α,β-unsaturated/α-hetero) is 1. The normalized spacial score (nSPS) is 10.7. The maximum absolute atomic E-state index is 12.8. The number of carbonyl (C=O) groups excluding carboxylic acids is 2. The molecule has 0 bridgehead atoms. The summed E-state index contributed by atoms with van der Waals surface area (Å²) in [6, 6.07) is 15.2. The largest absolute Gasteiger partial charge is 0.467 e. The molecule has 2 heterocycles. The Morgan fingerprint density at radius 1 is 1.00 bits per heavy atom. The number of thiophene rings is 1. The fourth-order valence-electron chi connectivity index (χ4n) is 2.67. The molecule has 5 heteroatoms. The van der Waals surface area contributed by atoms with Gasteiger partial charge in [-0.15, -0.1) is 11.3 Å². The second-order valence-electron chi connectivity index (χ2n) is 6.23. The minimum atomic E-state index is -0.0909. The zero-order chi connectivity index (χ0) is 18.5. The first-order chi connectivity index (χ1) is 12.5. The number of hydrogen-bond donors (Lipinski definition) is 0. The molecule has 0 aliphatic rings. The molecular weight excluding hydrogens is 346 g/mol. The maximum atomic E-state index is 12.8. The highest BCUT2D eigenvalue weighted by molar-refractivity contribution is 7.14. The van der Waals surface area contributed by atoms with Crippen molar-refractivity contribution in [3.05, 3.63) is 75.9 Å². The van der Waals surface area contributed by atoms with Gasteiger partial charge in [0, 0.05) is 23.4 Å². The monoisotopic (exact) mass is 367 g/mol. The standard InChI is InChI=1S/C21H21NO3S/c1-15-5-8-17(9-6-15)22(14-18-4-3-13-25-18)21(24)12-10-19(23)20-11-7-16(2)26-20/h3-9,11,13H,10,12,14H2,1-2H3. The van der Waals surface area contributed by atoms with Gasteiger partial charge in [-0.3, -0.25) is 9.59 Å². The number of anilines is 1. The van der Waals surface area contributed by atoms with E-state index in [1.165, 1.54) is 11.3 Å². The van der Waals surface area contributed by atoms with Crippen LogP contribution in [0.3, 0.4) is 0 Å². The van der Waals surface area contributed by atoms with E-state index in [1.807, 2.05) is 56.3 Å². The second kappa shape index (κ2) is 8.15. The molecule has 2 aromatic heterocycles. The highest BCUT2D eigenvalue weighted by atomic mass is 32.1. The first-order valence-corrected chi connectivity index (χ1v) is 9.33. The molecule has 0 spiro atoms. The smallest absolute Gasteiger partial charge is 0.227 e. The van der Waals surface area contributed by atoms with Crippen LogP contribution in [0.5, 0.6) is 0 Å². The average Bonchev–Trinajstić information content (AvgIpc) is 3.30. The summed E-state index contributed by atoms with van der Waals surface area (Å²) in [4.78, 5) is 28.6. The number of benzene rings is 1. The number of hydrogen-bond acceptors (Lipinski definition) is 4. The van der Waals surface area contributed by atoms with E-state index in [0.717, 1.165) is 16.1 Å². The summed E-state index contributed by atoms with van der Waals surface area (Å²) in [6.45, 7) is 4.32. The van der Waals surface area contributed by atoms with E-state index in [9.17, 15) is 9.59 Å². The van der Waals surface area contributed by atoms with Gasteiger partial charge < -0.3 is 9.32 Å². The third-order valence-corrected chi connectivity index (χ3v) is 5.16. The van der Waals surface area contributed by atoms with E-state index in [1.54, 1.807) is 17.2 Å². The number of carbonyl (C=O) groups is 2. The summed E-state index contributed by atoms with van der Waals surface area (Å²) < 4.78 is 5.40. The molecule has 1 amide bonds. The van der Waals surface area contributed by atoms with Crippen molar-refractivity contribution in [3.63, 3.8) is 0 Å². The summed E-state index contributed by atoms with van der Waals surface area (Å²) in [5, 5.41) is 0. The van der Waals surface area contributed by atoms with Gasteiger partial charge in [0.05, 0.1) is 17.7 Å². The molecule has 0 atom stereocenters. The van der Waals surface area contributed by atoms with Crippen LogP contribution in [0.1, 0.15) is 38.7 Å². The molecule has 26 heavy (non-hydrogen) atoms. The molecule has 0 saturated carbocycles. The fraction of sp³-hybridized carbons (Fsp3) is 0.238. The first kappa shape index (κ1) is 18.1. The molecule has 0 saturated heterocycles. The SMILES string of the molecule is Cc1ccc(N(Cc2ccco2)C(=O)CCC(=O)c2ccc(C)s2)cc1. The number of rotatable bonds is 7. The molecule has 0 aliphatic heterocycles. The summed E-state index contributed by atoms with van der Waals surface area (Å²) >= 11 is 1.47. The number of ketones is 1. The van der Waals surface area contributed by atoms with Crippen LogP contribution in [-0.4, -0.2) is 11.7 Å². The average molecular weight is 367 g/mol. The zero-order valence-electron chi connectivity index (χ0n) is 14.9. The van der Waals surface area contributed by atoms with Gasteiger partial charge in [0.2, 0.25) is 5.91 Å². The van der Waals surface area contributed by atoms with Crippen LogP contribution < -0.4 is 4.90 Å². The number of nitrogens with zero attached hydrogens (tertiary/aromatic N) is 1. The molecule has 0 unspecified atom stereocenters. The molecule has 0 aliphatic carbocycles. The predicted molar refractivity (Wildman–Crippen MR) is 104 cm³/mol. The van der Waals surface area contributed by atoms with Crippen LogP contribution in [0.15, 0.2) is 59.2 Å². The molecule has 3 rings (SSSR count). The van der Waals surface area contributed by atoms with Crippen LogP contribution in [0.4, 0.5) is 5.69 Å². The Morgan fingerprint density at radius 2 is 1.77 bits per heavy atom. The van der Waals surface area contributed by atoms with Crippen molar-refractivity contribution in [1.29, 1.82) is 0 Å². The van der Waals surface area contributed by atoms with Gasteiger partial charge >= 0.3 is 0 Å². The van der Waals surface area contributed by atoms with Crippen LogP contribution in [0.2, 0.25) is 0 Å². The number of furan rings is 1. The minimum absolute atomic E-state index is 0.0123. The van der Waals surface area contributed by atoms with Gasteiger partial charge in [-0.2, -0.15) is 0 Å². The van der Waals surface area contributed by atoms with Crippen molar-refractivity contribution < 1.29 is 14.0 Å². The van der Waals surface area contributed by atoms with Gasteiger partial charge in [-0.25, -0.2) is 0 Å². The lowest BCUT2D eigenvalue weighted by Gasteiger charge is -2.22. The minimum Gasteiger partial charge on any atom is -0.467 e. The van der Waals surface area contributed by atoms with E-state index in [0.29, 0.717) is 17.2 Å². The van der Waals surface area contributed by atoms with Gasteiger partial charge in [0.25, 0.3) is 0 Å². The zero-order valence-corrected chi connectivity index (χ0v) is 15.7. The molecule has 3 aromatic rings. The molecule has 0 N–H and O–H groups in total. The molecule has 4 nitrogen and oxygen atoms in total. The van der Waals surface area contributed by atoms with E-state index >= 15 is 0 Å². The third-order valence-electron chi connectivity index (χ3n) is 4.12.